The minimum atomic E-state index is -0.324. The first-order valence-corrected chi connectivity index (χ1v) is 8.98. The summed E-state index contributed by atoms with van der Waals surface area (Å²) in [6, 6.07) is 2.37. The molecule has 1 atom stereocenters. The number of nitriles is 1. The molecule has 122 valence electrons. The van der Waals surface area contributed by atoms with Crippen molar-refractivity contribution in [2.75, 3.05) is 11.9 Å². The Hall–Kier alpha value is -1.87. The van der Waals surface area contributed by atoms with E-state index in [4.69, 9.17) is 0 Å². The maximum absolute atomic E-state index is 12.5. The fraction of sp³-hybridized carbons (Fsp3) is 0.588. The topological polar surface area (TPSA) is 73.2 Å². The van der Waals surface area contributed by atoms with Crippen LogP contribution < -0.4 is 5.32 Å². The lowest BCUT2D eigenvalue weighted by atomic mass is 9.96. The molecule has 0 radical (unpaired) electrons. The molecule has 2 aliphatic rings. The van der Waals surface area contributed by atoms with Crippen molar-refractivity contribution in [1.29, 1.82) is 5.26 Å². The van der Waals surface area contributed by atoms with Crippen LogP contribution in [0.4, 0.5) is 5.00 Å². The molecule has 5 nitrogen and oxygen atoms in total. The second-order valence-electron chi connectivity index (χ2n) is 6.56. The number of thiophene rings is 1. The molecule has 23 heavy (non-hydrogen) atoms. The number of fused-ring (bicyclic) bond motifs is 1. The van der Waals surface area contributed by atoms with Crippen LogP contribution in [0.15, 0.2) is 0 Å². The van der Waals surface area contributed by atoms with Gasteiger partial charge in [-0.3, -0.25) is 9.59 Å². The number of nitrogens with zero attached hydrogens (tertiary/aromatic N) is 2. The number of hydrogen-bond donors (Lipinski definition) is 1. The van der Waals surface area contributed by atoms with Crippen molar-refractivity contribution in [2.45, 2.75) is 52.0 Å². The third-order valence-corrected chi connectivity index (χ3v) is 5.88. The summed E-state index contributed by atoms with van der Waals surface area (Å²) >= 11 is 1.53. The van der Waals surface area contributed by atoms with E-state index in [9.17, 15) is 14.9 Å². The number of likely N-dealkylation sites (tertiary alicyclic amines) is 1. The van der Waals surface area contributed by atoms with Gasteiger partial charge in [0.25, 0.3) is 0 Å². The lowest BCUT2D eigenvalue weighted by molar-refractivity contribution is -0.129. The molecule has 2 amide bonds. The van der Waals surface area contributed by atoms with Gasteiger partial charge < -0.3 is 10.2 Å². The van der Waals surface area contributed by atoms with Crippen molar-refractivity contribution in [1.82, 2.24) is 4.90 Å². The van der Waals surface area contributed by atoms with Crippen LogP contribution in [0.2, 0.25) is 0 Å². The van der Waals surface area contributed by atoms with E-state index in [2.05, 4.69) is 11.4 Å². The van der Waals surface area contributed by atoms with Crippen LogP contribution in [0, 0.1) is 17.2 Å². The number of rotatable bonds is 3. The molecular formula is C17H21N3O2S. The molecule has 1 saturated heterocycles. The minimum Gasteiger partial charge on any atom is -0.339 e. The summed E-state index contributed by atoms with van der Waals surface area (Å²) in [6.45, 7) is 4.38. The maximum Gasteiger partial charge on any atom is 0.230 e. The van der Waals surface area contributed by atoms with Crippen LogP contribution in [-0.4, -0.2) is 29.3 Å². The van der Waals surface area contributed by atoms with E-state index in [1.165, 1.54) is 16.2 Å². The summed E-state index contributed by atoms with van der Waals surface area (Å²) in [5.74, 6) is -0.432. The van der Waals surface area contributed by atoms with Gasteiger partial charge in [0.15, 0.2) is 0 Å². The molecule has 1 fully saturated rings. The molecular weight excluding hydrogens is 310 g/mol. The van der Waals surface area contributed by atoms with Gasteiger partial charge in [0.2, 0.25) is 11.8 Å². The van der Waals surface area contributed by atoms with Crippen LogP contribution in [0.5, 0.6) is 0 Å². The van der Waals surface area contributed by atoms with Crippen molar-refractivity contribution < 1.29 is 9.59 Å². The Morgan fingerprint density at radius 3 is 2.78 bits per heavy atom. The lowest BCUT2D eigenvalue weighted by Crippen LogP contribution is -2.33. The molecule has 6 heteroatoms. The summed E-state index contributed by atoms with van der Waals surface area (Å²) in [4.78, 5) is 27.5. The zero-order valence-electron chi connectivity index (χ0n) is 13.5. The first-order valence-electron chi connectivity index (χ1n) is 8.16. The van der Waals surface area contributed by atoms with Gasteiger partial charge in [-0.25, -0.2) is 0 Å². The van der Waals surface area contributed by atoms with E-state index >= 15 is 0 Å². The van der Waals surface area contributed by atoms with E-state index in [0.29, 0.717) is 17.1 Å². The molecule has 1 aliphatic carbocycles. The second-order valence-corrected chi connectivity index (χ2v) is 7.66. The summed E-state index contributed by atoms with van der Waals surface area (Å²) < 4.78 is 0. The Kier molecular flexibility index (Phi) is 4.40. The first-order chi connectivity index (χ1) is 11.0. The predicted octanol–water partition coefficient (Wildman–Crippen LogP) is 2.69. The molecule has 0 aromatic carbocycles. The van der Waals surface area contributed by atoms with Crippen molar-refractivity contribution in [3.05, 3.63) is 16.0 Å². The predicted molar refractivity (Wildman–Crippen MR) is 89.3 cm³/mol. The molecule has 0 unspecified atom stereocenters. The summed E-state index contributed by atoms with van der Waals surface area (Å²) in [5, 5.41) is 13.0. The van der Waals surface area contributed by atoms with Gasteiger partial charge >= 0.3 is 0 Å². The molecule has 3 rings (SSSR count). The average molecular weight is 331 g/mol. The molecule has 1 N–H and O–H groups in total. The van der Waals surface area contributed by atoms with Crippen molar-refractivity contribution in [3.8, 4) is 6.07 Å². The van der Waals surface area contributed by atoms with Crippen LogP contribution in [0.25, 0.3) is 0 Å². The Labute approximate surface area is 140 Å². The number of anilines is 1. The Morgan fingerprint density at radius 2 is 2.13 bits per heavy atom. The van der Waals surface area contributed by atoms with Crippen LogP contribution >= 0.6 is 11.3 Å². The van der Waals surface area contributed by atoms with Crippen molar-refractivity contribution in [3.63, 3.8) is 0 Å². The fourth-order valence-corrected chi connectivity index (χ4v) is 4.64. The quantitative estimate of drug-likeness (QED) is 0.925. The van der Waals surface area contributed by atoms with E-state index < -0.39 is 0 Å². The lowest BCUT2D eigenvalue weighted by Gasteiger charge is -2.20. The van der Waals surface area contributed by atoms with Gasteiger partial charge in [-0.05, 0) is 45.1 Å². The Bertz CT molecular complexity index is 687. The monoisotopic (exact) mass is 331 g/mol. The van der Waals surface area contributed by atoms with Gasteiger partial charge in [-0.2, -0.15) is 5.26 Å². The average Bonchev–Trinajstić information content (AvgIpc) is 3.07. The molecule has 0 bridgehead atoms. The number of amides is 2. The third kappa shape index (κ3) is 2.98. The third-order valence-electron chi connectivity index (χ3n) is 4.67. The van der Waals surface area contributed by atoms with Gasteiger partial charge in [0.05, 0.1) is 11.5 Å². The van der Waals surface area contributed by atoms with E-state index in [1.807, 2.05) is 13.8 Å². The second kappa shape index (κ2) is 6.32. The van der Waals surface area contributed by atoms with Gasteiger partial charge in [0.1, 0.15) is 11.1 Å². The molecule has 1 aromatic rings. The van der Waals surface area contributed by atoms with Crippen molar-refractivity contribution >= 4 is 28.2 Å². The normalized spacial score (nSPS) is 20.5. The largest absolute Gasteiger partial charge is 0.339 e. The van der Waals surface area contributed by atoms with Crippen LogP contribution in [0.1, 0.15) is 49.1 Å². The summed E-state index contributed by atoms with van der Waals surface area (Å²) in [5.41, 5.74) is 1.74. The molecule has 2 heterocycles. The number of nitrogens with one attached hydrogen (secondary N) is 1. The highest BCUT2D eigenvalue weighted by Crippen LogP contribution is 2.38. The molecule has 0 saturated carbocycles. The summed E-state index contributed by atoms with van der Waals surface area (Å²) in [6.07, 6.45) is 4.43. The Balaban J connectivity index is 1.75. The Morgan fingerprint density at radius 1 is 1.39 bits per heavy atom. The summed E-state index contributed by atoms with van der Waals surface area (Å²) in [7, 11) is 0. The number of carbonyl (C=O) groups excluding carboxylic acids is 2. The van der Waals surface area contributed by atoms with E-state index in [0.717, 1.165) is 31.2 Å². The maximum atomic E-state index is 12.5. The number of carbonyl (C=O) groups is 2. The van der Waals surface area contributed by atoms with Crippen LogP contribution in [-0.2, 0) is 22.4 Å². The number of hydrogen-bond acceptors (Lipinski definition) is 4. The first kappa shape index (κ1) is 16.0. The van der Waals surface area contributed by atoms with Crippen molar-refractivity contribution in [2.24, 2.45) is 5.92 Å². The zero-order valence-corrected chi connectivity index (χ0v) is 14.3. The molecule has 0 spiro atoms. The highest BCUT2D eigenvalue weighted by Gasteiger charge is 2.36. The highest BCUT2D eigenvalue weighted by atomic mass is 32.1. The molecule has 1 aromatic heterocycles. The minimum absolute atomic E-state index is 0.0335. The van der Waals surface area contributed by atoms with Gasteiger partial charge in [0, 0.05) is 23.9 Å². The van der Waals surface area contributed by atoms with E-state index in [1.54, 1.807) is 4.90 Å². The zero-order chi connectivity index (χ0) is 16.6. The van der Waals surface area contributed by atoms with Gasteiger partial charge in [-0.1, -0.05) is 0 Å². The fourth-order valence-electron chi connectivity index (χ4n) is 3.39. The standard InChI is InChI=1S/C17H21N3O2S/c1-10(2)20-9-11(7-15(20)21)16(22)19-17-13(8-18)12-5-3-4-6-14(12)23-17/h10-11H,3-7,9H2,1-2H3,(H,19,22)/t11-/m0/s1. The SMILES string of the molecule is CC(C)N1C[C@@H](C(=O)Nc2sc3c(c2C#N)CCCC3)CC1=O. The van der Waals surface area contributed by atoms with Crippen LogP contribution in [0.3, 0.4) is 0 Å². The molecule has 1 aliphatic heterocycles. The van der Waals surface area contributed by atoms with Gasteiger partial charge in [-0.15, -0.1) is 11.3 Å². The highest BCUT2D eigenvalue weighted by molar-refractivity contribution is 7.16. The number of aryl methyl sites for hydroxylation is 1. The smallest absolute Gasteiger partial charge is 0.230 e. The van der Waals surface area contributed by atoms with E-state index in [-0.39, 0.29) is 30.2 Å².